The Labute approximate surface area is 123 Å². The van der Waals surface area contributed by atoms with Crippen molar-refractivity contribution in [1.29, 1.82) is 0 Å². The molecule has 2 saturated heterocycles. The first-order valence-electron chi connectivity index (χ1n) is 7.24. The smallest absolute Gasteiger partial charge is 0.242 e. The first kappa shape index (κ1) is 14.0. The Morgan fingerprint density at radius 2 is 2.10 bits per heavy atom. The van der Waals surface area contributed by atoms with Gasteiger partial charge in [0, 0.05) is 43.8 Å². The molecule has 2 aliphatic heterocycles. The minimum absolute atomic E-state index is 0.110. The Morgan fingerprint density at radius 3 is 2.70 bits per heavy atom. The van der Waals surface area contributed by atoms with E-state index in [1.807, 2.05) is 16.5 Å². The zero-order chi connectivity index (χ0) is 14.0. The number of nitrogens with zero attached hydrogens (tertiary/aromatic N) is 2. The second-order valence-electron chi connectivity index (χ2n) is 5.71. The van der Waals surface area contributed by atoms with Gasteiger partial charge in [-0.2, -0.15) is 0 Å². The highest BCUT2D eigenvalue weighted by atomic mass is 32.1. The third kappa shape index (κ3) is 2.73. The molecule has 3 rings (SSSR count). The van der Waals surface area contributed by atoms with Crippen molar-refractivity contribution in [3.05, 3.63) is 16.6 Å². The third-order valence-electron chi connectivity index (χ3n) is 4.39. The van der Waals surface area contributed by atoms with Crippen molar-refractivity contribution in [1.82, 2.24) is 9.88 Å². The minimum atomic E-state index is -0.702. The molecule has 3 heterocycles. The molecule has 6 heteroatoms. The van der Waals surface area contributed by atoms with E-state index in [0.717, 1.165) is 25.9 Å². The lowest BCUT2D eigenvalue weighted by Gasteiger charge is -2.39. The van der Waals surface area contributed by atoms with E-state index in [-0.39, 0.29) is 5.91 Å². The van der Waals surface area contributed by atoms with Crippen molar-refractivity contribution in [2.45, 2.75) is 37.1 Å². The number of likely N-dealkylation sites (tertiary alicyclic amines) is 1. The van der Waals surface area contributed by atoms with Crippen LogP contribution in [-0.4, -0.2) is 47.6 Å². The molecule has 1 aromatic heterocycles. The number of aromatic nitrogens is 1. The van der Waals surface area contributed by atoms with Gasteiger partial charge >= 0.3 is 0 Å². The van der Waals surface area contributed by atoms with Crippen LogP contribution in [0.3, 0.4) is 0 Å². The molecule has 0 bridgehead atoms. The summed E-state index contributed by atoms with van der Waals surface area (Å²) < 4.78 is 5.31. The molecular formula is C14H21N3O2S. The van der Waals surface area contributed by atoms with Crippen LogP contribution < -0.4 is 5.73 Å². The lowest BCUT2D eigenvalue weighted by atomic mass is 9.88. The normalized spacial score (nSPS) is 23.8. The van der Waals surface area contributed by atoms with E-state index in [2.05, 4.69) is 4.98 Å². The molecule has 0 atom stereocenters. The minimum Gasteiger partial charge on any atom is -0.381 e. The largest absolute Gasteiger partial charge is 0.381 e. The van der Waals surface area contributed by atoms with Crippen LogP contribution in [-0.2, 0) is 9.53 Å². The Balaban J connectivity index is 1.59. The molecule has 2 aliphatic rings. The van der Waals surface area contributed by atoms with Crippen LogP contribution in [0.4, 0.5) is 0 Å². The fraction of sp³-hybridized carbons (Fsp3) is 0.714. The third-order valence-corrected chi connectivity index (χ3v) is 5.33. The average Bonchev–Trinajstić information content (AvgIpc) is 3.02. The number of ether oxygens (including phenoxy) is 1. The number of rotatable bonds is 2. The summed E-state index contributed by atoms with van der Waals surface area (Å²) in [4.78, 5) is 18.9. The van der Waals surface area contributed by atoms with Crippen LogP contribution in [0.15, 0.2) is 11.6 Å². The summed E-state index contributed by atoms with van der Waals surface area (Å²) in [6.45, 7) is 2.78. The number of carbonyl (C=O) groups excluding carboxylic acids is 1. The molecule has 0 unspecified atom stereocenters. The first-order valence-corrected chi connectivity index (χ1v) is 8.12. The van der Waals surface area contributed by atoms with Gasteiger partial charge in [-0.3, -0.25) is 4.79 Å². The fourth-order valence-electron chi connectivity index (χ4n) is 3.03. The van der Waals surface area contributed by atoms with Gasteiger partial charge in [0.1, 0.15) is 0 Å². The fourth-order valence-corrected chi connectivity index (χ4v) is 3.84. The molecule has 0 radical (unpaired) electrons. The van der Waals surface area contributed by atoms with Gasteiger partial charge in [-0.15, -0.1) is 11.3 Å². The zero-order valence-electron chi connectivity index (χ0n) is 11.6. The molecular weight excluding hydrogens is 274 g/mol. The van der Waals surface area contributed by atoms with E-state index < -0.39 is 5.54 Å². The second kappa shape index (κ2) is 5.79. The summed E-state index contributed by atoms with van der Waals surface area (Å²) in [5.41, 5.74) is 5.58. The second-order valence-corrected chi connectivity index (χ2v) is 6.63. The number of piperidine rings is 1. The molecule has 2 N–H and O–H groups in total. The maximum atomic E-state index is 12.6. The first-order chi connectivity index (χ1) is 9.69. The molecule has 1 amide bonds. The molecule has 20 heavy (non-hydrogen) atoms. The highest BCUT2D eigenvalue weighted by molar-refractivity contribution is 7.09. The predicted molar refractivity (Wildman–Crippen MR) is 77.6 cm³/mol. The van der Waals surface area contributed by atoms with E-state index in [1.165, 1.54) is 5.01 Å². The van der Waals surface area contributed by atoms with Gasteiger partial charge < -0.3 is 15.4 Å². The number of nitrogens with two attached hydrogens (primary N) is 1. The Bertz CT molecular complexity index is 449. The molecule has 5 nitrogen and oxygen atoms in total. The van der Waals surface area contributed by atoms with E-state index in [9.17, 15) is 4.79 Å². The van der Waals surface area contributed by atoms with Crippen LogP contribution in [0, 0.1) is 0 Å². The van der Waals surface area contributed by atoms with Crippen LogP contribution in [0.5, 0.6) is 0 Å². The number of hydrogen-bond acceptors (Lipinski definition) is 5. The monoisotopic (exact) mass is 295 g/mol. The van der Waals surface area contributed by atoms with Crippen LogP contribution >= 0.6 is 11.3 Å². The van der Waals surface area contributed by atoms with Gasteiger partial charge in [-0.1, -0.05) is 0 Å². The lowest BCUT2D eigenvalue weighted by molar-refractivity contribution is -0.141. The van der Waals surface area contributed by atoms with Gasteiger partial charge in [-0.05, 0) is 25.7 Å². The number of carbonyl (C=O) groups is 1. The van der Waals surface area contributed by atoms with Crippen molar-refractivity contribution >= 4 is 17.2 Å². The molecule has 0 spiro atoms. The van der Waals surface area contributed by atoms with E-state index >= 15 is 0 Å². The Kier molecular flexibility index (Phi) is 4.05. The molecule has 2 fully saturated rings. The van der Waals surface area contributed by atoms with Gasteiger partial charge in [0.05, 0.1) is 10.5 Å². The maximum absolute atomic E-state index is 12.6. The number of hydrogen-bond donors (Lipinski definition) is 1. The average molecular weight is 295 g/mol. The van der Waals surface area contributed by atoms with Crippen molar-refractivity contribution in [3.8, 4) is 0 Å². The SMILES string of the molecule is NC1(C(=O)N2CCC(c3nccs3)CC2)CCOCC1. The number of thiazole rings is 1. The van der Waals surface area contributed by atoms with Gasteiger partial charge in [0.25, 0.3) is 0 Å². The molecule has 110 valence electrons. The van der Waals surface area contributed by atoms with Crippen molar-refractivity contribution < 1.29 is 9.53 Å². The van der Waals surface area contributed by atoms with Crippen molar-refractivity contribution in [3.63, 3.8) is 0 Å². The summed E-state index contributed by atoms with van der Waals surface area (Å²) in [7, 11) is 0. The Hall–Kier alpha value is -0.980. The van der Waals surface area contributed by atoms with E-state index in [1.54, 1.807) is 11.3 Å². The number of amides is 1. The highest BCUT2D eigenvalue weighted by Crippen LogP contribution is 2.31. The topological polar surface area (TPSA) is 68.5 Å². The molecule has 1 aromatic rings. The summed E-state index contributed by atoms with van der Waals surface area (Å²) in [6.07, 6.45) is 5.11. The van der Waals surface area contributed by atoms with Gasteiger partial charge in [0.2, 0.25) is 5.91 Å². The molecule has 0 saturated carbocycles. The summed E-state index contributed by atoms with van der Waals surface area (Å²) >= 11 is 1.71. The van der Waals surface area contributed by atoms with Crippen LogP contribution in [0.25, 0.3) is 0 Å². The highest BCUT2D eigenvalue weighted by Gasteiger charge is 2.40. The quantitative estimate of drug-likeness (QED) is 0.894. The molecule has 0 aliphatic carbocycles. The van der Waals surface area contributed by atoms with Crippen LogP contribution in [0.1, 0.15) is 36.6 Å². The van der Waals surface area contributed by atoms with Crippen molar-refractivity contribution in [2.75, 3.05) is 26.3 Å². The standard InChI is InChI=1S/C14H21N3O2S/c15-14(3-8-19-9-4-14)13(18)17-6-1-11(2-7-17)12-16-5-10-20-12/h5,10-11H,1-4,6-9,15H2. The zero-order valence-corrected chi connectivity index (χ0v) is 12.4. The maximum Gasteiger partial charge on any atom is 0.242 e. The van der Waals surface area contributed by atoms with Gasteiger partial charge in [-0.25, -0.2) is 4.98 Å². The lowest BCUT2D eigenvalue weighted by Crippen LogP contribution is -2.59. The predicted octanol–water partition coefficient (Wildman–Crippen LogP) is 1.36. The molecule has 0 aromatic carbocycles. The van der Waals surface area contributed by atoms with E-state index in [4.69, 9.17) is 10.5 Å². The van der Waals surface area contributed by atoms with Crippen molar-refractivity contribution in [2.24, 2.45) is 5.73 Å². The van der Waals surface area contributed by atoms with Crippen LogP contribution in [0.2, 0.25) is 0 Å². The summed E-state index contributed by atoms with van der Waals surface area (Å²) in [5, 5.41) is 3.22. The summed E-state index contributed by atoms with van der Waals surface area (Å²) in [6, 6.07) is 0. The van der Waals surface area contributed by atoms with E-state index in [0.29, 0.717) is 32.0 Å². The Morgan fingerprint density at radius 1 is 1.40 bits per heavy atom. The van der Waals surface area contributed by atoms with Gasteiger partial charge in [0.15, 0.2) is 0 Å². The summed E-state index contributed by atoms with van der Waals surface area (Å²) in [5.74, 6) is 0.612.